The predicted molar refractivity (Wildman–Crippen MR) is 90.6 cm³/mol. The number of carbonyl (C=O) groups excluding carboxylic acids is 1. The number of amides is 1. The zero-order valence-corrected chi connectivity index (χ0v) is 13.4. The van der Waals surface area contributed by atoms with E-state index < -0.39 is 0 Å². The molecule has 2 atom stereocenters. The van der Waals surface area contributed by atoms with Gasteiger partial charge in [-0.05, 0) is 24.5 Å². The van der Waals surface area contributed by atoms with E-state index in [2.05, 4.69) is 17.4 Å². The van der Waals surface area contributed by atoms with E-state index in [0.29, 0.717) is 11.5 Å². The Kier molecular flexibility index (Phi) is 4.60. The summed E-state index contributed by atoms with van der Waals surface area (Å²) in [5.41, 5.74) is 1.55. The highest BCUT2D eigenvalue weighted by Gasteiger charge is 2.28. The Balaban J connectivity index is 1.77. The van der Waals surface area contributed by atoms with Crippen LogP contribution >= 0.6 is 0 Å². The summed E-state index contributed by atoms with van der Waals surface area (Å²) in [6.45, 7) is 0. The zero-order chi connectivity index (χ0) is 16.2. The van der Waals surface area contributed by atoms with Crippen LogP contribution in [0.5, 0.6) is 0 Å². The molecule has 0 saturated heterocycles. The van der Waals surface area contributed by atoms with Crippen molar-refractivity contribution in [2.45, 2.75) is 37.6 Å². The molecular formula is C19H22N2O2. The van der Waals surface area contributed by atoms with Gasteiger partial charge in [0.1, 0.15) is 0 Å². The fourth-order valence-electron chi connectivity index (χ4n) is 3.34. The highest BCUT2D eigenvalue weighted by molar-refractivity contribution is 5.94. The summed E-state index contributed by atoms with van der Waals surface area (Å²) in [6, 6.07) is 13.6. The molecule has 1 aromatic heterocycles. The Morgan fingerprint density at radius 1 is 1.13 bits per heavy atom. The van der Waals surface area contributed by atoms with Crippen LogP contribution < -0.4 is 10.9 Å². The van der Waals surface area contributed by atoms with E-state index in [1.807, 2.05) is 18.2 Å². The maximum Gasteiger partial charge on any atom is 0.251 e. The molecule has 2 aromatic rings. The van der Waals surface area contributed by atoms with Crippen molar-refractivity contribution in [2.24, 2.45) is 7.05 Å². The molecule has 1 aliphatic carbocycles. The summed E-state index contributed by atoms with van der Waals surface area (Å²) in [5.74, 6) is 0.191. The number of hydrogen-bond donors (Lipinski definition) is 1. The average Bonchev–Trinajstić information content (AvgIpc) is 2.58. The maximum atomic E-state index is 12.5. The summed E-state index contributed by atoms with van der Waals surface area (Å²) in [6.07, 6.45) is 6.02. The molecule has 1 heterocycles. The van der Waals surface area contributed by atoms with Gasteiger partial charge >= 0.3 is 0 Å². The van der Waals surface area contributed by atoms with Gasteiger partial charge in [0.05, 0.1) is 0 Å². The van der Waals surface area contributed by atoms with Gasteiger partial charge in [-0.2, -0.15) is 0 Å². The SMILES string of the molecule is Cn1ccc(C(=O)N[C@H]2CCCC[C@@H]2c2ccccc2)cc1=O. The number of rotatable bonds is 3. The van der Waals surface area contributed by atoms with Gasteiger partial charge in [-0.1, -0.05) is 43.2 Å². The Morgan fingerprint density at radius 2 is 1.87 bits per heavy atom. The van der Waals surface area contributed by atoms with Crippen LogP contribution in [0.15, 0.2) is 53.5 Å². The van der Waals surface area contributed by atoms with Crippen LogP contribution in [0.4, 0.5) is 0 Å². The van der Waals surface area contributed by atoms with E-state index in [9.17, 15) is 9.59 Å². The molecular weight excluding hydrogens is 288 g/mol. The minimum absolute atomic E-state index is 0.128. The van der Waals surface area contributed by atoms with Crippen LogP contribution in [0.25, 0.3) is 0 Å². The van der Waals surface area contributed by atoms with E-state index in [1.54, 1.807) is 19.3 Å². The maximum absolute atomic E-state index is 12.5. The summed E-state index contributed by atoms with van der Waals surface area (Å²) >= 11 is 0. The minimum Gasteiger partial charge on any atom is -0.349 e. The van der Waals surface area contributed by atoms with Crippen LogP contribution in [-0.2, 0) is 7.05 Å². The normalized spacial score (nSPS) is 20.9. The van der Waals surface area contributed by atoms with E-state index in [4.69, 9.17) is 0 Å². The minimum atomic E-state index is -0.166. The first kappa shape index (κ1) is 15.5. The van der Waals surface area contributed by atoms with Crippen molar-refractivity contribution in [3.05, 3.63) is 70.1 Å². The lowest BCUT2D eigenvalue weighted by Crippen LogP contribution is -2.41. The second-order valence-electron chi connectivity index (χ2n) is 6.25. The first-order valence-electron chi connectivity index (χ1n) is 8.17. The van der Waals surface area contributed by atoms with Gasteiger partial charge in [0, 0.05) is 36.8 Å². The van der Waals surface area contributed by atoms with Crippen molar-refractivity contribution in [3.63, 3.8) is 0 Å². The highest BCUT2D eigenvalue weighted by atomic mass is 16.2. The van der Waals surface area contributed by atoms with Crippen LogP contribution in [0, 0.1) is 0 Å². The van der Waals surface area contributed by atoms with Crippen LogP contribution in [0.1, 0.15) is 47.5 Å². The average molecular weight is 310 g/mol. The van der Waals surface area contributed by atoms with E-state index in [1.165, 1.54) is 22.6 Å². The number of aryl methyl sites for hydroxylation is 1. The molecule has 23 heavy (non-hydrogen) atoms. The lowest BCUT2D eigenvalue weighted by molar-refractivity contribution is 0.0920. The number of hydrogen-bond acceptors (Lipinski definition) is 2. The van der Waals surface area contributed by atoms with E-state index in [-0.39, 0.29) is 17.5 Å². The smallest absolute Gasteiger partial charge is 0.251 e. The van der Waals surface area contributed by atoms with Crippen LogP contribution in [0.3, 0.4) is 0 Å². The Bertz CT molecular complexity index is 737. The molecule has 0 radical (unpaired) electrons. The van der Waals surface area contributed by atoms with Gasteiger partial charge in [-0.15, -0.1) is 0 Å². The second-order valence-corrected chi connectivity index (χ2v) is 6.25. The number of nitrogens with zero attached hydrogens (tertiary/aromatic N) is 1. The highest BCUT2D eigenvalue weighted by Crippen LogP contribution is 2.33. The van der Waals surface area contributed by atoms with Crippen molar-refractivity contribution in [1.82, 2.24) is 9.88 Å². The molecule has 1 aromatic carbocycles. The molecule has 4 heteroatoms. The van der Waals surface area contributed by atoms with E-state index in [0.717, 1.165) is 19.3 Å². The van der Waals surface area contributed by atoms with Crippen LogP contribution in [0.2, 0.25) is 0 Å². The Hall–Kier alpha value is -2.36. The predicted octanol–water partition coefficient (Wildman–Crippen LogP) is 2.84. The molecule has 4 nitrogen and oxygen atoms in total. The van der Waals surface area contributed by atoms with E-state index >= 15 is 0 Å². The van der Waals surface area contributed by atoms with Crippen molar-refractivity contribution < 1.29 is 4.79 Å². The molecule has 0 bridgehead atoms. The molecule has 0 spiro atoms. The number of pyridine rings is 1. The monoisotopic (exact) mass is 310 g/mol. The first-order chi connectivity index (χ1) is 11.1. The van der Waals surface area contributed by atoms with Gasteiger partial charge < -0.3 is 9.88 Å². The molecule has 0 unspecified atom stereocenters. The second kappa shape index (κ2) is 6.82. The molecule has 120 valence electrons. The Labute approximate surface area is 136 Å². The topological polar surface area (TPSA) is 51.1 Å². The fraction of sp³-hybridized carbons (Fsp3) is 0.368. The van der Waals surface area contributed by atoms with Gasteiger partial charge in [0.15, 0.2) is 0 Å². The van der Waals surface area contributed by atoms with Gasteiger partial charge in [-0.25, -0.2) is 0 Å². The molecule has 3 rings (SSSR count). The molecule has 0 aliphatic heterocycles. The lowest BCUT2D eigenvalue weighted by Gasteiger charge is -2.32. The molecule has 1 aliphatic rings. The van der Waals surface area contributed by atoms with Crippen molar-refractivity contribution in [3.8, 4) is 0 Å². The molecule has 1 N–H and O–H groups in total. The third kappa shape index (κ3) is 3.52. The fourth-order valence-corrected chi connectivity index (χ4v) is 3.34. The van der Waals surface area contributed by atoms with Gasteiger partial charge in [0.25, 0.3) is 11.5 Å². The van der Waals surface area contributed by atoms with Crippen molar-refractivity contribution in [1.29, 1.82) is 0 Å². The third-order valence-electron chi connectivity index (χ3n) is 4.68. The number of carbonyl (C=O) groups is 1. The summed E-state index contributed by atoms with van der Waals surface area (Å²) in [5, 5.41) is 3.14. The van der Waals surface area contributed by atoms with Gasteiger partial charge in [0.2, 0.25) is 0 Å². The molecule has 1 fully saturated rings. The first-order valence-corrected chi connectivity index (χ1v) is 8.17. The molecule has 1 saturated carbocycles. The number of benzene rings is 1. The summed E-state index contributed by atoms with van der Waals surface area (Å²) in [7, 11) is 1.68. The van der Waals surface area contributed by atoms with Crippen molar-refractivity contribution in [2.75, 3.05) is 0 Å². The Morgan fingerprint density at radius 3 is 2.61 bits per heavy atom. The third-order valence-corrected chi connectivity index (χ3v) is 4.68. The quantitative estimate of drug-likeness (QED) is 0.948. The van der Waals surface area contributed by atoms with Crippen LogP contribution in [-0.4, -0.2) is 16.5 Å². The van der Waals surface area contributed by atoms with Crippen molar-refractivity contribution >= 4 is 5.91 Å². The number of nitrogens with one attached hydrogen (secondary N) is 1. The largest absolute Gasteiger partial charge is 0.349 e. The standard InChI is InChI=1S/C19H22N2O2/c1-21-12-11-15(13-18(21)22)19(23)20-17-10-6-5-9-16(17)14-7-3-2-4-8-14/h2-4,7-8,11-13,16-17H,5-6,9-10H2,1H3,(H,20,23)/t16-,17+/m1/s1. The summed E-state index contributed by atoms with van der Waals surface area (Å²) < 4.78 is 1.46. The number of aromatic nitrogens is 1. The van der Waals surface area contributed by atoms with Gasteiger partial charge in [-0.3, -0.25) is 9.59 Å². The lowest BCUT2D eigenvalue weighted by atomic mass is 9.80. The summed E-state index contributed by atoms with van der Waals surface area (Å²) in [4.78, 5) is 24.2. The molecule has 1 amide bonds. The zero-order valence-electron chi connectivity index (χ0n) is 13.4.